The molecule has 158 valence electrons. The highest BCUT2D eigenvalue weighted by Gasteiger charge is 2.19. The summed E-state index contributed by atoms with van der Waals surface area (Å²) in [6.07, 6.45) is 1.65. The fraction of sp³-hybridized carbons (Fsp3) is 0.0435. The lowest BCUT2D eigenvalue weighted by molar-refractivity contribution is 0.102. The maximum atomic E-state index is 13.0. The molecule has 0 saturated heterocycles. The Morgan fingerprint density at radius 1 is 1.12 bits per heavy atom. The molecule has 0 aliphatic carbocycles. The Hall–Kier alpha value is -3.49. The molecule has 0 spiro atoms. The number of para-hydroxylation sites is 1. The minimum Gasteiger partial charge on any atom is -0.337 e. The van der Waals surface area contributed by atoms with Gasteiger partial charge in [-0.2, -0.15) is 5.10 Å². The summed E-state index contributed by atoms with van der Waals surface area (Å²) in [5.74, 6) is 0.783. The molecule has 5 aromatic rings. The summed E-state index contributed by atoms with van der Waals surface area (Å²) in [4.78, 5) is 25.4. The van der Waals surface area contributed by atoms with E-state index in [4.69, 9.17) is 16.6 Å². The molecular formula is C23H16BrClN6O. The first-order valence-electron chi connectivity index (χ1n) is 9.73. The predicted molar refractivity (Wildman–Crippen MR) is 128 cm³/mol. The minimum absolute atomic E-state index is 0.235. The number of carbonyl (C=O) groups excluding carboxylic acids is 1. The van der Waals surface area contributed by atoms with E-state index in [1.807, 2.05) is 49.4 Å². The van der Waals surface area contributed by atoms with Crippen LogP contribution < -0.4 is 5.32 Å². The van der Waals surface area contributed by atoms with Crippen molar-refractivity contribution >= 4 is 50.2 Å². The van der Waals surface area contributed by atoms with Crippen molar-refractivity contribution in [2.45, 2.75) is 6.92 Å². The molecule has 0 fully saturated rings. The number of nitrogens with zero attached hydrogens (tertiary/aromatic N) is 4. The van der Waals surface area contributed by atoms with Crippen LogP contribution in [0.2, 0.25) is 5.02 Å². The van der Waals surface area contributed by atoms with Gasteiger partial charge in [-0.3, -0.25) is 4.79 Å². The zero-order chi connectivity index (χ0) is 22.2. The van der Waals surface area contributed by atoms with E-state index < -0.39 is 0 Å². The second-order valence-electron chi connectivity index (χ2n) is 7.18. The van der Waals surface area contributed by atoms with E-state index in [-0.39, 0.29) is 5.91 Å². The number of anilines is 1. The average Bonchev–Trinajstić information content (AvgIpc) is 3.37. The third-order valence-electron chi connectivity index (χ3n) is 4.90. The quantitative estimate of drug-likeness (QED) is 0.322. The Balaban J connectivity index is 1.58. The zero-order valence-electron chi connectivity index (χ0n) is 16.8. The average molecular weight is 508 g/mol. The van der Waals surface area contributed by atoms with E-state index in [0.717, 1.165) is 16.8 Å². The molecule has 1 amide bonds. The standard InChI is InChI=1S/C23H16BrClN6O/c1-13-5-2-6-14(11-13)27-23(32)15-7-3-9-17-20(15)29-21(28-17)18-12-19(24)30-31(18)22-16(25)8-4-10-26-22/h2-12H,1H3,(H,27,32)(H,28,29). The Morgan fingerprint density at radius 3 is 2.78 bits per heavy atom. The molecule has 0 aliphatic rings. The second kappa shape index (κ2) is 8.22. The number of H-pyrrole nitrogens is 1. The van der Waals surface area contributed by atoms with Crippen LogP contribution in [0.3, 0.4) is 0 Å². The van der Waals surface area contributed by atoms with Crippen molar-refractivity contribution in [3.63, 3.8) is 0 Å². The maximum Gasteiger partial charge on any atom is 0.257 e. The Labute approximate surface area is 196 Å². The summed E-state index contributed by atoms with van der Waals surface area (Å²) >= 11 is 9.76. The van der Waals surface area contributed by atoms with Gasteiger partial charge in [-0.05, 0) is 64.8 Å². The number of benzene rings is 2. The number of aromatic amines is 1. The molecular weight excluding hydrogens is 492 g/mol. The molecule has 32 heavy (non-hydrogen) atoms. The first-order chi connectivity index (χ1) is 15.5. The number of hydrogen-bond acceptors (Lipinski definition) is 4. The predicted octanol–water partition coefficient (Wildman–Crippen LogP) is 5.79. The van der Waals surface area contributed by atoms with Crippen molar-refractivity contribution in [3.8, 4) is 17.3 Å². The van der Waals surface area contributed by atoms with Gasteiger partial charge in [0.25, 0.3) is 5.91 Å². The fourth-order valence-corrected chi connectivity index (χ4v) is 4.05. The number of imidazole rings is 1. The van der Waals surface area contributed by atoms with Crippen molar-refractivity contribution < 1.29 is 4.79 Å². The molecule has 3 heterocycles. The molecule has 2 N–H and O–H groups in total. The summed E-state index contributed by atoms with van der Waals surface area (Å²) in [6.45, 7) is 1.98. The Morgan fingerprint density at radius 2 is 1.97 bits per heavy atom. The number of rotatable bonds is 4. The SMILES string of the molecule is Cc1cccc(NC(=O)c2cccc3[nH]c(-c4cc(Br)nn4-c4ncccc4Cl)nc23)c1. The van der Waals surface area contributed by atoms with Gasteiger partial charge in [0, 0.05) is 18.0 Å². The molecule has 0 radical (unpaired) electrons. The molecule has 5 rings (SSSR count). The normalized spacial score (nSPS) is 11.1. The van der Waals surface area contributed by atoms with Crippen LogP contribution in [-0.2, 0) is 0 Å². The molecule has 0 aliphatic heterocycles. The van der Waals surface area contributed by atoms with Crippen molar-refractivity contribution in [2.75, 3.05) is 5.32 Å². The van der Waals surface area contributed by atoms with E-state index in [9.17, 15) is 4.79 Å². The number of pyridine rings is 1. The lowest BCUT2D eigenvalue weighted by Crippen LogP contribution is -2.12. The van der Waals surface area contributed by atoms with Gasteiger partial charge >= 0.3 is 0 Å². The van der Waals surface area contributed by atoms with Gasteiger partial charge in [-0.15, -0.1) is 0 Å². The number of aryl methyl sites for hydroxylation is 1. The topological polar surface area (TPSA) is 88.5 Å². The van der Waals surface area contributed by atoms with Gasteiger partial charge in [-0.1, -0.05) is 29.8 Å². The molecule has 2 aromatic carbocycles. The van der Waals surface area contributed by atoms with Gasteiger partial charge in [0.1, 0.15) is 15.8 Å². The van der Waals surface area contributed by atoms with Crippen LogP contribution in [-0.4, -0.2) is 30.6 Å². The Kier molecular flexibility index (Phi) is 5.24. The van der Waals surface area contributed by atoms with Crippen LogP contribution in [0.1, 0.15) is 15.9 Å². The van der Waals surface area contributed by atoms with Crippen molar-refractivity contribution in [3.05, 3.63) is 87.6 Å². The van der Waals surface area contributed by atoms with E-state index >= 15 is 0 Å². The molecule has 9 heteroatoms. The van der Waals surface area contributed by atoms with Crippen molar-refractivity contribution in [1.29, 1.82) is 0 Å². The Bertz CT molecular complexity index is 1470. The van der Waals surface area contributed by atoms with Crippen LogP contribution in [0.5, 0.6) is 0 Å². The third-order valence-corrected chi connectivity index (χ3v) is 5.58. The summed E-state index contributed by atoms with van der Waals surface area (Å²) in [5.41, 5.74) is 4.20. The number of fused-ring (bicyclic) bond motifs is 1. The summed E-state index contributed by atoms with van der Waals surface area (Å²) < 4.78 is 2.21. The lowest BCUT2D eigenvalue weighted by atomic mass is 10.1. The van der Waals surface area contributed by atoms with Gasteiger partial charge in [0.2, 0.25) is 0 Å². The third kappa shape index (κ3) is 3.79. The van der Waals surface area contributed by atoms with E-state index in [0.29, 0.717) is 38.0 Å². The van der Waals surface area contributed by atoms with Gasteiger partial charge in [-0.25, -0.2) is 14.6 Å². The van der Waals surface area contributed by atoms with Gasteiger partial charge in [0.05, 0.1) is 16.1 Å². The molecule has 0 bridgehead atoms. The number of nitrogens with one attached hydrogen (secondary N) is 2. The van der Waals surface area contributed by atoms with Crippen LogP contribution >= 0.6 is 27.5 Å². The maximum absolute atomic E-state index is 13.0. The molecule has 7 nitrogen and oxygen atoms in total. The number of amides is 1. The van der Waals surface area contributed by atoms with Crippen LogP contribution in [0.4, 0.5) is 5.69 Å². The van der Waals surface area contributed by atoms with E-state index in [1.54, 1.807) is 29.1 Å². The second-order valence-corrected chi connectivity index (χ2v) is 8.40. The zero-order valence-corrected chi connectivity index (χ0v) is 19.1. The molecule has 0 saturated carbocycles. The smallest absolute Gasteiger partial charge is 0.257 e. The largest absolute Gasteiger partial charge is 0.337 e. The van der Waals surface area contributed by atoms with Crippen LogP contribution in [0, 0.1) is 6.92 Å². The number of halogens is 2. The summed E-state index contributed by atoms with van der Waals surface area (Å²) in [5, 5.41) is 7.86. The van der Waals surface area contributed by atoms with Crippen molar-refractivity contribution in [2.24, 2.45) is 0 Å². The van der Waals surface area contributed by atoms with Gasteiger partial charge < -0.3 is 10.3 Å². The highest BCUT2D eigenvalue weighted by atomic mass is 79.9. The monoisotopic (exact) mass is 506 g/mol. The highest BCUT2D eigenvalue weighted by molar-refractivity contribution is 9.10. The first kappa shape index (κ1) is 20.4. The van der Waals surface area contributed by atoms with Crippen LogP contribution in [0.25, 0.3) is 28.4 Å². The van der Waals surface area contributed by atoms with E-state index in [1.165, 1.54) is 0 Å². The minimum atomic E-state index is -0.235. The van der Waals surface area contributed by atoms with E-state index in [2.05, 4.69) is 36.3 Å². The number of carbonyl (C=O) groups is 1. The fourth-order valence-electron chi connectivity index (χ4n) is 3.47. The lowest BCUT2D eigenvalue weighted by Gasteiger charge is -2.06. The van der Waals surface area contributed by atoms with Gasteiger partial charge in [0.15, 0.2) is 11.6 Å². The first-order valence-corrected chi connectivity index (χ1v) is 10.9. The van der Waals surface area contributed by atoms with Crippen LogP contribution in [0.15, 0.2) is 71.5 Å². The number of hydrogen-bond donors (Lipinski definition) is 2. The highest BCUT2D eigenvalue weighted by Crippen LogP contribution is 2.29. The molecule has 0 atom stereocenters. The summed E-state index contributed by atoms with van der Waals surface area (Å²) in [7, 11) is 0. The molecule has 0 unspecified atom stereocenters. The molecule has 3 aromatic heterocycles. The summed E-state index contributed by atoms with van der Waals surface area (Å²) in [6, 6.07) is 18.4. The number of aromatic nitrogens is 5. The van der Waals surface area contributed by atoms with Crippen molar-refractivity contribution in [1.82, 2.24) is 24.7 Å².